The molecule has 0 amide bonds. The van der Waals surface area contributed by atoms with Crippen molar-refractivity contribution < 1.29 is 9.13 Å². The van der Waals surface area contributed by atoms with Crippen LogP contribution < -0.4 is 10.3 Å². The third-order valence-corrected chi connectivity index (χ3v) is 6.59. The summed E-state index contributed by atoms with van der Waals surface area (Å²) < 4.78 is 20.3. The lowest BCUT2D eigenvalue weighted by atomic mass is 10.2. The van der Waals surface area contributed by atoms with Crippen molar-refractivity contribution in [3.63, 3.8) is 0 Å². The van der Waals surface area contributed by atoms with E-state index in [1.807, 2.05) is 44.2 Å². The Bertz CT molecular complexity index is 1200. The molecule has 7 heteroatoms. The summed E-state index contributed by atoms with van der Waals surface area (Å²) in [6.07, 6.45) is 0. The van der Waals surface area contributed by atoms with Crippen LogP contribution in [0.2, 0.25) is 0 Å². The lowest BCUT2D eigenvalue weighted by Gasteiger charge is -2.12. The van der Waals surface area contributed by atoms with Gasteiger partial charge in [-0.05, 0) is 55.8 Å². The normalized spacial score (nSPS) is 11.1. The number of fused-ring (bicyclic) bond motifs is 1. The van der Waals surface area contributed by atoms with Gasteiger partial charge in [0.25, 0.3) is 5.56 Å². The van der Waals surface area contributed by atoms with Crippen molar-refractivity contribution in [3.05, 3.63) is 81.2 Å². The predicted octanol–water partition coefficient (Wildman–Crippen LogP) is 5.37. The Kier molecular flexibility index (Phi) is 5.69. The SMILES string of the molecule is Cc1sc2nc(SCCOc3ccc(F)cc3)n(-c3ccccc3)c(=O)c2c1C. The number of aromatic nitrogens is 2. The van der Waals surface area contributed by atoms with E-state index in [9.17, 15) is 9.18 Å². The zero-order valence-corrected chi connectivity index (χ0v) is 17.6. The number of rotatable bonds is 6. The molecule has 0 radical (unpaired) electrons. The van der Waals surface area contributed by atoms with E-state index in [1.54, 1.807) is 28.0 Å². The Hall–Kier alpha value is -2.64. The fourth-order valence-corrected chi connectivity index (χ4v) is 4.90. The molecule has 0 aliphatic carbocycles. The lowest BCUT2D eigenvalue weighted by Crippen LogP contribution is -2.22. The van der Waals surface area contributed by atoms with Gasteiger partial charge in [0.2, 0.25) is 0 Å². The molecule has 0 bridgehead atoms. The number of hydrogen-bond acceptors (Lipinski definition) is 5. The van der Waals surface area contributed by atoms with Gasteiger partial charge in [-0.3, -0.25) is 9.36 Å². The van der Waals surface area contributed by atoms with Crippen molar-refractivity contribution in [2.75, 3.05) is 12.4 Å². The number of benzene rings is 2. The first kappa shape index (κ1) is 19.7. The Balaban J connectivity index is 1.63. The van der Waals surface area contributed by atoms with Crippen LogP contribution in [0.3, 0.4) is 0 Å². The summed E-state index contributed by atoms with van der Waals surface area (Å²) in [6.45, 7) is 4.40. The summed E-state index contributed by atoms with van der Waals surface area (Å²) in [6, 6.07) is 15.5. The molecular formula is C22H19FN2O2S2. The van der Waals surface area contributed by atoms with Gasteiger partial charge in [-0.15, -0.1) is 11.3 Å². The minimum atomic E-state index is -0.294. The second kappa shape index (κ2) is 8.39. The maximum atomic E-state index is 13.3. The van der Waals surface area contributed by atoms with E-state index in [0.29, 0.717) is 28.7 Å². The molecule has 0 aliphatic heterocycles. The summed E-state index contributed by atoms with van der Waals surface area (Å²) in [4.78, 5) is 20.0. The van der Waals surface area contributed by atoms with Crippen LogP contribution in [0, 0.1) is 19.7 Å². The molecule has 0 N–H and O–H groups in total. The molecule has 0 unspecified atom stereocenters. The van der Waals surface area contributed by atoms with Crippen molar-refractivity contribution in [3.8, 4) is 11.4 Å². The number of ether oxygens (including phenoxy) is 1. The lowest BCUT2D eigenvalue weighted by molar-refractivity contribution is 0.343. The fraction of sp³-hybridized carbons (Fsp3) is 0.182. The monoisotopic (exact) mass is 426 g/mol. The van der Waals surface area contributed by atoms with Crippen LogP contribution in [0.25, 0.3) is 15.9 Å². The Morgan fingerprint density at radius 2 is 1.83 bits per heavy atom. The number of aryl methyl sites for hydroxylation is 2. The van der Waals surface area contributed by atoms with E-state index in [-0.39, 0.29) is 11.4 Å². The highest BCUT2D eigenvalue weighted by Gasteiger charge is 2.17. The molecule has 0 spiro atoms. The zero-order valence-electron chi connectivity index (χ0n) is 16.0. The van der Waals surface area contributed by atoms with Crippen molar-refractivity contribution in [1.29, 1.82) is 0 Å². The molecule has 0 saturated carbocycles. The van der Waals surface area contributed by atoms with Crippen LogP contribution in [-0.4, -0.2) is 21.9 Å². The summed E-state index contributed by atoms with van der Waals surface area (Å²) >= 11 is 3.01. The van der Waals surface area contributed by atoms with Crippen LogP contribution in [0.5, 0.6) is 5.75 Å². The van der Waals surface area contributed by atoms with Gasteiger partial charge >= 0.3 is 0 Å². The molecule has 0 saturated heterocycles. The quantitative estimate of drug-likeness (QED) is 0.236. The van der Waals surface area contributed by atoms with E-state index in [2.05, 4.69) is 0 Å². The van der Waals surface area contributed by atoms with Crippen LogP contribution in [0.1, 0.15) is 10.4 Å². The van der Waals surface area contributed by atoms with Crippen molar-refractivity contribution in [2.24, 2.45) is 0 Å². The van der Waals surface area contributed by atoms with E-state index < -0.39 is 0 Å². The first-order valence-corrected chi connectivity index (χ1v) is 10.9. The van der Waals surface area contributed by atoms with Gasteiger partial charge in [-0.1, -0.05) is 30.0 Å². The molecule has 0 aliphatic rings. The van der Waals surface area contributed by atoms with Gasteiger partial charge in [0.1, 0.15) is 16.4 Å². The van der Waals surface area contributed by atoms with Gasteiger partial charge in [0.05, 0.1) is 17.7 Å². The van der Waals surface area contributed by atoms with E-state index in [0.717, 1.165) is 21.0 Å². The second-order valence-electron chi connectivity index (χ2n) is 6.48. The summed E-state index contributed by atoms with van der Waals surface area (Å²) in [5.74, 6) is 0.920. The van der Waals surface area contributed by atoms with Gasteiger partial charge in [-0.25, -0.2) is 9.37 Å². The predicted molar refractivity (Wildman–Crippen MR) is 117 cm³/mol. The van der Waals surface area contributed by atoms with Gasteiger partial charge < -0.3 is 4.74 Å². The van der Waals surface area contributed by atoms with Crippen molar-refractivity contribution >= 4 is 33.3 Å². The largest absolute Gasteiger partial charge is 0.493 e. The van der Waals surface area contributed by atoms with Gasteiger partial charge in [0, 0.05) is 10.6 Å². The molecule has 29 heavy (non-hydrogen) atoms. The first-order chi connectivity index (χ1) is 14.0. The maximum absolute atomic E-state index is 13.3. The van der Waals surface area contributed by atoms with E-state index in [1.165, 1.54) is 23.9 Å². The molecule has 4 aromatic rings. The van der Waals surface area contributed by atoms with Crippen LogP contribution in [0.15, 0.2) is 64.5 Å². The smallest absolute Gasteiger partial charge is 0.267 e. The molecule has 2 heterocycles. The number of nitrogens with zero attached hydrogens (tertiary/aromatic N) is 2. The highest BCUT2D eigenvalue weighted by molar-refractivity contribution is 7.99. The molecule has 4 nitrogen and oxygen atoms in total. The fourth-order valence-electron chi connectivity index (χ4n) is 3.00. The minimum Gasteiger partial charge on any atom is -0.493 e. The Morgan fingerprint density at radius 3 is 2.55 bits per heavy atom. The standard InChI is InChI=1S/C22H19FN2O2S2/c1-14-15(2)29-20-19(14)21(26)25(17-6-4-3-5-7-17)22(24-20)28-13-12-27-18-10-8-16(23)9-11-18/h3-11H,12-13H2,1-2H3. The number of halogens is 1. The van der Waals surface area contributed by atoms with Gasteiger partial charge in [0.15, 0.2) is 5.16 Å². The summed E-state index contributed by atoms with van der Waals surface area (Å²) in [5, 5.41) is 1.32. The van der Waals surface area contributed by atoms with Crippen LogP contribution in [0.4, 0.5) is 4.39 Å². The molecule has 0 fully saturated rings. The van der Waals surface area contributed by atoms with Crippen molar-refractivity contribution in [2.45, 2.75) is 19.0 Å². The average Bonchev–Trinajstić information content (AvgIpc) is 3.01. The highest BCUT2D eigenvalue weighted by atomic mass is 32.2. The Morgan fingerprint density at radius 1 is 1.10 bits per heavy atom. The third-order valence-electron chi connectivity index (χ3n) is 4.58. The van der Waals surface area contributed by atoms with Crippen LogP contribution in [-0.2, 0) is 0 Å². The van der Waals surface area contributed by atoms with Gasteiger partial charge in [-0.2, -0.15) is 0 Å². The summed E-state index contributed by atoms with van der Waals surface area (Å²) in [7, 11) is 0. The molecule has 0 atom stereocenters. The minimum absolute atomic E-state index is 0.0509. The molecular weight excluding hydrogens is 407 g/mol. The zero-order chi connectivity index (χ0) is 20.4. The second-order valence-corrected chi connectivity index (χ2v) is 8.75. The van der Waals surface area contributed by atoms with Crippen LogP contribution >= 0.6 is 23.1 Å². The number of hydrogen-bond donors (Lipinski definition) is 0. The average molecular weight is 427 g/mol. The topological polar surface area (TPSA) is 44.1 Å². The first-order valence-electron chi connectivity index (χ1n) is 9.14. The highest BCUT2D eigenvalue weighted by Crippen LogP contribution is 2.29. The number of para-hydroxylation sites is 1. The third kappa shape index (κ3) is 4.06. The molecule has 4 rings (SSSR count). The Labute approximate surface area is 176 Å². The molecule has 2 aromatic heterocycles. The number of thioether (sulfide) groups is 1. The van der Waals surface area contributed by atoms with E-state index in [4.69, 9.17) is 9.72 Å². The maximum Gasteiger partial charge on any atom is 0.267 e. The number of thiophene rings is 1. The van der Waals surface area contributed by atoms with E-state index >= 15 is 0 Å². The molecule has 148 valence electrons. The summed E-state index contributed by atoms with van der Waals surface area (Å²) in [5.41, 5.74) is 1.73. The van der Waals surface area contributed by atoms with Crippen molar-refractivity contribution in [1.82, 2.24) is 9.55 Å². The molecule has 2 aromatic carbocycles.